The van der Waals surface area contributed by atoms with Crippen molar-refractivity contribution in [2.45, 2.75) is 44.9 Å². The van der Waals surface area contributed by atoms with Gasteiger partial charge in [0.2, 0.25) is 6.10 Å². The molecule has 1 saturated carbocycles. The lowest BCUT2D eigenvalue weighted by molar-refractivity contribution is -0.130. The van der Waals surface area contributed by atoms with Crippen molar-refractivity contribution in [3.63, 3.8) is 0 Å². The Balaban J connectivity index is 1.73. The molecule has 0 radical (unpaired) electrons. The van der Waals surface area contributed by atoms with Gasteiger partial charge in [-0.15, -0.1) is 0 Å². The zero-order valence-corrected chi connectivity index (χ0v) is 15.0. The minimum Gasteiger partial charge on any atom is -0.491 e. The van der Waals surface area contributed by atoms with Crippen molar-refractivity contribution in [1.29, 1.82) is 0 Å². The summed E-state index contributed by atoms with van der Waals surface area (Å²) in [5.41, 5.74) is 1.03. The highest BCUT2D eigenvalue weighted by Crippen LogP contribution is 2.24. The first kappa shape index (κ1) is 18.0. The quantitative estimate of drug-likeness (QED) is 0.772. The van der Waals surface area contributed by atoms with Gasteiger partial charge in [0.25, 0.3) is 5.91 Å². The molecule has 0 spiro atoms. The molecule has 1 N–H and O–H groups in total. The molecule has 1 amide bonds. The normalized spacial score (nSPS) is 14.6. The number of ether oxygens (including phenoxy) is 2. The Morgan fingerprint density at radius 3 is 2.23 bits per heavy atom. The number of benzene rings is 2. The smallest absolute Gasteiger partial charge is 0.339 e. The van der Waals surface area contributed by atoms with Crippen LogP contribution >= 0.6 is 0 Å². The van der Waals surface area contributed by atoms with Crippen molar-refractivity contribution in [2.24, 2.45) is 0 Å². The van der Waals surface area contributed by atoms with E-state index >= 15 is 0 Å². The average Bonchev–Trinajstić information content (AvgIpc) is 3.44. The van der Waals surface area contributed by atoms with E-state index in [1.165, 1.54) is 0 Å². The van der Waals surface area contributed by atoms with Crippen LogP contribution < -0.4 is 10.1 Å². The topological polar surface area (TPSA) is 64.6 Å². The third-order valence-electron chi connectivity index (χ3n) is 3.95. The van der Waals surface area contributed by atoms with Crippen molar-refractivity contribution in [3.8, 4) is 5.75 Å². The maximum atomic E-state index is 12.5. The third-order valence-corrected chi connectivity index (χ3v) is 3.95. The molecule has 1 aliphatic rings. The Morgan fingerprint density at radius 2 is 1.65 bits per heavy atom. The lowest BCUT2D eigenvalue weighted by Gasteiger charge is -2.18. The predicted octanol–water partition coefficient (Wildman–Crippen LogP) is 3.65. The monoisotopic (exact) mass is 353 g/mol. The van der Waals surface area contributed by atoms with Gasteiger partial charge in [0.05, 0.1) is 11.7 Å². The molecule has 0 aliphatic heterocycles. The number of hydrogen-bond acceptors (Lipinski definition) is 4. The van der Waals surface area contributed by atoms with Gasteiger partial charge in [0.1, 0.15) is 5.75 Å². The molecule has 1 fully saturated rings. The molecule has 136 valence electrons. The summed E-state index contributed by atoms with van der Waals surface area (Å²) in [7, 11) is 0. The van der Waals surface area contributed by atoms with E-state index in [-0.39, 0.29) is 18.1 Å². The Hall–Kier alpha value is -2.82. The zero-order valence-electron chi connectivity index (χ0n) is 15.0. The standard InChI is InChI=1S/C21H23NO4/c1-14(2)25-18-12-8-16(9-13-18)21(24)26-19(15-6-4-3-5-7-15)20(23)22-17-10-11-17/h3-9,12-14,17,19H,10-11H2,1-2H3,(H,22,23). The van der Waals surface area contributed by atoms with E-state index in [0.717, 1.165) is 12.8 Å². The summed E-state index contributed by atoms with van der Waals surface area (Å²) >= 11 is 0. The highest BCUT2D eigenvalue weighted by atomic mass is 16.5. The molecule has 0 aromatic heterocycles. The lowest BCUT2D eigenvalue weighted by Crippen LogP contribution is -2.33. The largest absolute Gasteiger partial charge is 0.491 e. The van der Waals surface area contributed by atoms with Crippen molar-refractivity contribution < 1.29 is 19.1 Å². The summed E-state index contributed by atoms with van der Waals surface area (Å²) in [5, 5.41) is 2.90. The van der Waals surface area contributed by atoms with Crippen LogP contribution in [0.1, 0.15) is 48.7 Å². The first-order valence-corrected chi connectivity index (χ1v) is 8.86. The molecule has 0 heterocycles. The first-order chi connectivity index (χ1) is 12.5. The molecule has 1 unspecified atom stereocenters. The summed E-state index contributed by atoms with van der Waals surface area (Å²) in [6.45, 7) is 3.87. The highest BCUT2D eigenvalue weighted by Gasteiger charge is 2.31. The van der Waals surface area contributed by atoms with Crippen LogP contribution in [0.15, 0.2) is 54.6 Å². The molecule has 26 heavy (non-hydrogen) atoms. The van der Waals surface area contributed by atoms with E-state index in [0.29, 0.717) is 16.9 Å². The van der Waals surface area contributed by atoms with Crippen molar-refractivity contribution in [1.82, 2.24) is 5.32 Å². The van der Waals surface area contributed by atoms with Crippen molar-refractivity contribution in [2.75, 3.05) is 0 Å². The molecule has 1 atom stereocenters. The second kappa shape index (κ2) is 8.04. The number of amides is 1. The van der Waals surface area contributed by atoms with Crippen molar-refractivity contribution >= 4 is 11.9 Å². The number of hydrogen-bond donors (Lipinski definition) is 1. The van der Waals surface area contributed by atoms with Crippen LogP contribution in [0.5, 0.6) is 5.75 Å². The van der Waals surface area contributed by atoms with E-state index in [2.05, 4.69) is 5.32 Å². The van der Waals surface area contributed by atoms with E-state index in [4.69, 9.17) is 9.47 Å². The van der Waals surface area contributed by atoms with Crippen LogP contribution in [0.25, 0.3) is 0 Å². The molecule has 3 rings (SSSR count). The van der Waals surface area contributed by atoms with Crippen molar-refractivity contribution in [3.05, 3.63) is 65.7 Å². The van der Waals surface area contributed by atoms with Crippen LogP contribution in [0.3, 0.4) is 0 Å². The Morgan fingerprint density at radius 1 is 1.00 bits per heavy atom. The number of esters is 1. The SMILES string of the molecule is CC(C)Oc1ccc(C(=O)OC(C(=O)NC2CC2)c2ccccc2)cc1. The van der Waals surface area contributed by atoms with Crippen LogP contribution in [0, 0.1) is 0 Å². The van der Waals surface area contributed by atoms with Gasteiger partial charge in [-0.2, -0.15) is 0 Å². The second-order valence-electron chi connectivity index (χ2n) is 6.67. The number of carbonyl (C=O) groups excluding carboxylic acids is 2. The summed E-state index contributed by atoms with van der Waals surface area (Å²) in [4.78, 5) is 25.1. The summed E-state index contributed by atoms with van der Waals surface area (Å²) in [5.74, 6) is -0.143. The van der Waals surface area contributed by atoms with Gasteiger partial charge >= 0.3 is 5.97 Å². The molecule has 0 bridgehead atoms. The number of nitrogens with one attached hydrogen (secondary N) is 1. The molecule has 5 heteroatoms. The van der Waals surface area contributed by atoms with Gasteiger partial charge < -0.3 is 14.8 Å². The second-order valence-corrected chi connectivity index (χ2v) is 6.67. The average molecular weight is 353 g/mol. The van der Waals surface area contributed by atoms with Gasteiger partial charge in [-0.3, -0.25) is 4.79 Å². The van der Waals surface area contributed by atoms with Gasteiger partial charge in [-0.05, 0) is 51.0 Å². The van der Waals surface area contributed by atoms with Crippen LogP contribution in [0.2, 0.25) is 0 Å². The Labute approximate surface area is 153 Å². The molecule has 1 aliphatic carbocycles. The van der Waals surface area contributed by atoms with Gasteiger partial charge in [-0.25, -0.2) is 4.79 Å². The summed E-state index contributed by atoms with van der Waals surface area (Å²) in [6.07, 6.45) is 1.04. The molecule has 2 aromatic carbocycles. The molecular formula is C21H23NO4. The minimum absolute atomic E-state index is 0.0568. The van der Waals surface area contributed by atoms with E-state index in [1.807, 2.05) is 32.0 Å². The fourth-order valence-electron chi connectivity index (χ4n) is 2.52. The molecule has 5 nitrogen and oxygen atoms in total. The van der Waals surface area contributed by atoms with Gasteiger partial charge in [0, 0.05) is 11.6 Å². The minimum atomic E-state index is -0.962. The van der Waals surface area contributed by atoms with Crippen LogP contribution in [0.4, 0.5) is 0 Å². The first-order valence-electron chi connectivity index (χ1n) is 8.86. The lowest BCUT2D eigenvalue weighted by atomic mass is 10.1. The number of carbonyl (C=O) groups is 2. The Kier molecular flexibility index (Phi) is 5.56. The maximum Gasteiger partial charge on any atom is 0.339 e. The number of rotatable bonds is 7. The maximum absolute atomic E-state index is 12.5. The zero-order chi connectivity index (χ0) is 18.5. The fraction of sp³-hybridized carbons (Fsp3) is 0.333. The van der Waals surface area contributed by atoms with Crippen LogP contribution in [-0.2, 0) is 9.53 Å². The predicted molar refractivity (Wildman–Crippen MR) is 98.0 cm³/mol. The van der Waals surface area contributed by atoms with E-state index < -0.39 is 12.1 Å². The van der Waals surface area contributed by atoms with Crippen LogP contribution in [-0.4, -0.2) is 24.0 Å². The van der Waals surface area contributed by atoms with E-state index in [1.54, 1.807) is 36.4 Å². The van der Waals surface area contributed by atoms with Gasteiger partial charge in [0.15, 0.2) is 0 Å². The molecule has 0 saturated heterocycles. The molecule has 2 aromatic rings. The Bertz CT molecular complexity index is 751. The highest BCUT2D eigenvalue weighted by molar-refractivity contribution is 5.93. The van der Waals surface area contributed by atoms with E-state index in [9.17, 15) is 9.59 Å². The summed E-state index contributed by atoms with van der Waals surface area (Å²) in [6, 6.07) is 16.0. The third kappa shape index (κ3) is 4.85. The van der Waals surface area contributed by atoms with Gasteiger partial charge in [-0.1, -0.05) is 30.3 Å². The summed E-state index contributed by atoms with van der Waals surface area (Å²) < 4.78 is 11.1. The fourth-order valence-corrected chi connectivity index (χ4v) is 2.52. The molecular weight excluding hydrogens is 330 g/mol.